The van der Waals surface area contributed by atoms with Gasteiger partial charge in [0.1, 0.15) is 17.6 Å². The van der Waals surface area contributed by atoms with Gasteiger partial charge in [0.2, 0.25) is 0 Å². The van der Waals surface area contributed by atoms with Crippen molar-refractivity contribution in [2.75, 3.05) is 0 Å². The van der Waals surface area contributed by atoms with Gasteiger partial charge in [-0.25, -0.2) is 9.82 Å². The fraction of sp³-hybridized carbons (Fsp3) is 0.100. The van der Waals surface area contributed by atoms with Crippen molar-refractivity contribution in [3.05, 3.63) is 54.0 Å². The van der Waals surface area contributed by atoms with Crippen LogP contribution in [0.4, 0.5) is 4.39 Å². The van der Waals surface area contributed by atoms with E-state index < -0.39 is 11.9 Å². The molecule has 78 valence electrons. The second kappa shape index (κ2) is 4.20. The number of nitrogens with zero attached hydrogens (tertiary/aromatic N) is 1. The van der Waals surface area contributed by atoms with Crippen LogP contribution in [0.3, 0.4) is 0 Å². The fourth-order valence-corrected chi connectivity index (χ4v) is 1.40. The number of nitrogens with two attached hydrogens (primary N) is 1. The number of hydrogen-bond donors (Lipinski definition) is 2. The smallest absolute Gasteiger partial charge is 0.146 e. The highest BCUT2D eigenvalue weighted by Crippen LogP contribution is 2.23. The van der Waals surface area contributed by atoms with Crippen LogP contribution >= 0.6 is 0 Å². The molecule has 0 aliphatic heterocycles. The van der Waals surface area contributed by atoms with Crippen LogP contribution in [0.1, 0.15) is 17.4 Å². The molecule has 0 fully saturated rings. The van der Waals surface area contributed by atoms with Gasteiger partial charge in [0.25, 0.3) is 0 Å². The summed E-state index contributed by atoms with van der Waals surface area (Å²) in [4.78, 5) is 3.67. The van der Waals surface area contributed by atoms with Crippen molar-refractivity contribution in [3.63, 3.8) is 0 Å². The zero-order chi connectivity index (χ0) is 10.7. The molecule has 5 heteroatoms. The zero-order valence-electron chi connectivity index (χ0n) is 7.85. The van der Waals surface area contributed by atoms with Gasteiger partial charge >= 0.3 is 0 Å². The van der Waals surface area contributed by atoms with Crippen LogP contribution in [0.5, 0.6) is 0 Å². The molecule has 0 aliphatic rings. The van der Waals surface area contributed by atoms with Crippen LogP contribution in [0, 0.1) is 5.82 Å². The van der Waals surface area contributed by atoms with Crippen molar-refractivity contribution in [3.8, 4) is 0 Å². The minimum absolute atomic E-state index is 0.405. The molecule has 15 heavy (non-hydrogen) atoms. The van der Waals surface area contributed by atoms with Crippen molar-refractivity contribution in [2.45, 2.75) is 6.04 Å². The van der Waals surface area contributed by atoms with Crippen LogP contribution in [0.15, 0.2) is 41.3 Å². The van der Waals surface area contributed by atoms with Crippen molar-refractivity contribution in [1.82, 2.24) is 10.4 Å². The van der Waals surface area contributed by atoms with Gasteiger partial charge in [-0.2, -0.15) is 0 Å². The third-order valence-corrected chi connectivity index (χ3v) is 2.11. The molecule has 1 unspecified atom stereocenters. The lowest BCUT2D eigenvalue weighted by molar-refractivity contribution is 0.441. The molecule has 1 atom stereocenters. The average Bonchev–Trinajstić information content (AvgIpc) is 2.75. The maximum atomic E-state index is 13.4. The molecule has 0 saturated carbocycles. The SMILES string of the molecule is NNC(c1ccco1)c1ccncc1F. The van der Waals surface area contributed by atoms with E-state index in [2.05, 4.69) is 10.4 Å². The summed E-state index contributed by atoms with van der Waals surface area (Å²) in [6.45, 7) is 0. The summed E-state index contributed by atoms with van der Waals surface area (Å²) < 4.78 is 18.6. The van der Waals surface area contributed by atoms with Crippen LogP contribution < -0.4 is 11.3 Å². The number of pyridine rings is 1. The van der Waals surface area contributed by atoms with Gasteiger partial charge in [0.15, 0.2) is 0 Å². The number of hydrogen-bond acceptors (Lipinski definition) is 4. The first-order valence-electron chi connectivity index (χ1n) is 4.42. The average molecular weight is 207 g/mol. The minimum atomic E-state index is -0.497. The molecular weight excluding hydrogens is 197 g/mol. The highest BCUT2D eigenvalue weighted by Gasteiger charge is 2.18. The quantitative estimate of drug-likeness (QED) is 0.589. The Balaban J connectivity index is 2.40. The number of rotatable bonds is 3. The van der Waals surface area contributed by atoms with Crippen molar-refractivity contribution < 1.29 is 8.81 Å². The lowest BCUT2D eigenvalue weighted by atomic mass is 10.1. The van der Waals surface area contributed by atoms with Gasteiger partial charge in [-0.15, -0.1) is 0 Å². The number of aromatic nitrogens is 1. The van der Waals surface area contributed by atoms with Crippen LogP contribution in [0.25, 0.3) is 0 Å². The first-order chi connectivity index (χ1) is 7.33. The van der Waals surface area contributed by atoms with Gasteiger partial charge in [-0.3, -0.25) is 10.8 Å². The summed E-state index contributed by atoms with van der Waals surface area (Å²) in [6, 6.07) is 4.51. The second-order valence-corrected chi connectivity index (χ2v) is 3.01. The summed E-state index contributed by atoms with van der Waals surface area (Å²) >= 11 is 0. The largest absolute Gasteiger partial charge is 0.467 e. The fourth-order valence-electron chi connectivity index (χ4n) is 1.40. The normalized spacial score (nSPS) is 12.7. The Bertz CT molecular complexity index is 430. The van der Waals surface area contributed by atoms with Gasteiger partial charge in [-0.1, -0.05) is 0 Å². The molecule has 0 amide bonds. The predicted octanol–water partition coefficient (Wildman–Crippen LogP) is 1.37. The molecule has 0 saturated heterocycles. The Morgan fingerprint density at radius 3 is 2.93 bits per heavy atom. The van der Waals surface area contributed by atoms with E-state index in [-0.39, 0.29) is 0 Å². The number of hydrazine groups is 1. The highest BCUT2D eigenvalue weighted by atomic mass is 19.1. The maximum absolute atomic E-state index is 13.4. The molecule has 2 rings (SSSR count). The molecule has 3 N–H and O–H groups in total. The second-order valence-electron chi connectivity index (χ2n) is 3.01. The molecule has 0 spiro atoms. The Hall–Kier alpha value is -1.72. The first-order valence-corrected chi connectivity index (χ1v) is 4.42. The van der Waals surface area contributed by atoms with Gasteiger partial charge < -0.3 is 4.42 Å². The van der Waals surface area contributed by atoms with Crippen molar-refractivity contribution in [1.29, 1.82) is 0 Å². The van der Waals surface area contributed by atoms with E-state index in [1.165, 1.54) is 12.5 Å². The van der Waals surface area contributed by atoms with Crippen molar-refractivity contribution >= 4 is 0 Å². The van der Waals surface area contributed by atoms with E-state index in [1.54, 1.807) is 18.2 Å². The lowest BCUT2D eigenvalue weighted by Gasteiger charge is -2.13. The summed E-state index contributed by atoms with van der Waals surface area (Å²) in [7, 11) is 0. The van der Waals surface area contributed by atoms with E-state index in [4.69, 9.17) is 10.3 Å². The molecule has 2 aromatic rings. The molecule has 4 nitrogen and oxygen atoms in total. The monoisotopic (exact) mass is 207 g/mol. The van der Waals surface area contributed by atoms with Crippen LogP contribution in [0.2, 0.25) is 0 Å². The molecule has 0 aromatic carbocycles. The van der Waals surface area contributed by atoms with Gasteiger partial charge in [-0.05, 0) is 18.2 Å². The minimum Gasteiger partial charge on any atom is -0.467 e. The number of furan rings is 1. The molecule has 2 aromatic heterocycles. The Morgan fingerprint density at radius 2 is 2.33 bits per heavy atom. The van der Waals surface area contributed by atoms with E-state index in [1.807, 2.05) is 0 Å². The van der Waals surface area contributed by atoms with Crippen molar-refractivity contribution in [2.24, 2.45) is 5.84 Å². The summed E-state index contributed by atoms with van der Waals surface area (Å²) in [5, 5.41) is 0. The summed E-state index contributed by atoms with van der Waals surface area (Å²) in [5.41, 5.74) is 2.91. The molecule has 0 radical (unpaired) electrons. The first kappa shape index (κ1) is 9.82. The molecular formula is C10H10FN3O. The van der Waals surface area contributed by atoms with E-state index in [9.17, 15) is 4.39 Å². The maximum Gasteiger partial charge on any atom is 0.146 e. The standard InChI is InChI=1S/C10H10FN3O/c11-8-6-13-4-3-7(8)10(14-12)9-2-1-5-15-9/h1-6,10,14H,12H2. The van der Waals surface area contributed by atoms with Crippen LogP contribution in [-0.4, -0.2) is 4.98 Å². The molecule has 0 aliphatic carbocycles. The Morgan fingerprint density at radius 1 is 1.47 bits per heavy atom. The van der Waals surface area contributed by atoms with Gasteiger partial charge in [0.05, 0.1) is 12.5 Å². The Kier molecular flexibility index (Phi) is 2.75. The predicted molar refractivity (Wildman–Crippen MR) is 52.1 cm³/mol. The highest BCUT2D eigenvalue weighted by molar-refractivity contribution is 5.25. The number of halogens is 1. The molecule has 0 bridgehead atoms. The topological polar surface area (TPSA) is 64.1 Å². The van der Waals surface area contributed by atoms with Crippen LogP contribution in [-0.2, 0) is 0 Å². The molecule has 2 heterocycles. The number of nitrogens with one attached hydrogen (secondary N) is 1. The van der Waals surface area contributed by atoms with E-state index >= 15 is 0 Å². The van der Waals surface area contributed by atoms with Gasteiger partial charge in [0, 0.05) is 11.8 Å². The third kappa shape index (κ3) is 1.88. The lowest BCUT2D eigenvalue weighted by Crippen LogP contribution is -2.29. The third-order valence-electron chi connectivity index (χ3n) is 2.11. The zero-order valence-corrected chi connectivity index (χ0v) is 7.85. The van der Waals surface area contributed by atoms with E-state index in [0.29, 0.717) is 11.3 Å². The summed E-state index contributed by atoms with van der Waals surface area (Å²) in [5.74, 6) is 5.51. The van der Waals surface area contributed by atoms with E-state index in [0.717, 1.165) is 6.20 Å². The summed E-state index contributed by atoms with van der Waals surface area (Å²) in [6.07, 6.45) is 4.16. The Labute approximate surface area is 85.9 Å².